The molecule has 3 aromatic rings. The van der Waals surface area contributed by atoms with Crippen molar-refractivity contribution >= 4 is 5.91 Å². The van der Waals surface area contributed by atoms with Crippen molar-refractivity contribution in [3.05, 3.63) is 52.7 Å². The molecule has 0 spiro atoms. The van der Waals surface area contributed by atoms with Crippen LogP contribution in [0.5, 0.6) is 5.88 Å². The van der Waals surface area contributed by atoms with E-state index in [1.165, 1.54) is 14.2 Å². The molecule has 0 bridgehead atoms. The summed E-state index contributed by atoms with van der Waals surface area (Å²) in [5.74, 6) is -0.158. The van der Waals surface area contributed by atoms with Gasteiger partial charge in [0.15, 0.2) is 5.69 Å². The first-order chi connectivity index (χ1) is 14.2. The molecule has 11 heteroatoms. The zero-order valence-corrected chi connectivity index (χ0v) is 16.5. The van der Waals surface area contributed by atoms with Gasteiger partial charge in [-0.05, 0) is 25.8 Å². The molecule has 1 amide bonds. The molecule has 0 unspecified atom stereocenters. The molecule has 0 aromatic carbocycles. The number of halogens is 3. The van der Waals surface area contributed by atoms with E-state index in [9.17, 15) is 18.0 Å². The molecule has 0 saturated carbocycles. The van der Waals surface area contributed by atoms with Crippen LogP contribution in [-0.2, 0) is 19.6 Å². The van der Waals surface area contributed by atoms with Crippen LogP contribution in [-0.4, -0.2) is 37.6 Å². The summed E-state index contributed by atoms with van der Waals surface area (Å²) in [6.45, 7) is 1.84. The fourth-order valence-corrected chi connectivity index (χ4v) is 3.53. The van der Waals surface area contributed by atoms with Crippen molar-refractivity contribution in [1.82, 2.24) is 29.9 Å². The van der Waals surface area contributed by atoms with Gasteiger partial charge in [0.1, 0.15) is 5.69 Å². The number of carbonyl (C=O) groups excluding carboxylic acids is 1. The van der Waals surface area contributed by atoms with Crippen molar-refractivity contribution in [2.24, 2.45) is 7.05 Å². The van der Waals surface area contributed by atoms with E-state index in [-0.39, 0.29) is 11.7 Å². The van der Waals surface area contributed by atoms with Crippen LogP contribution in [0.3, 0.4) is 0 Å². The van der Waals surface area contributed by atoms with Crippen molar-refractivity contribution in [2.45, 2.75) is 32.0 Å². The second-order valence-electron chi connectivity index (χ2n) is 7.09. The van der Waals surface area contributed by atoms with E-state index in [0.717, 1.165) is 33.4 Å². The van der Waals surface area contributed by atoms with Crippen molar-refractivity contribution < 1.29 is 22.7 Å². The lowest BCUT2D eigenvalue weighted by atomic mass is 10.2. The molecular weight excluding hydrogens is 401 g/mol. The van der Waals surface area contributed by atoms with Crippen LogP contribution in [0, 0.1) is 6.92 Å². The number of aryl methyl sites for hydroxylation is 3. The first-order valence-electron chi connectivity index (χ1n) is 9.19. The van der Waals surface area contributed by atoms with E-state index >= 15 is 0 Å². The third-order valence-corrected chi connectivity index (χ3v) is 4.96. The summed E-state index contributed by atoms with van der Waals surface area (Å²) in [7, 11) is 2.84. The molecule has 8 nitrogen and oxygen atoms in total. The number of amides is 1. The minimum absolute atomic E-state index is 0.155. The second-order valence-corrected chi connectivity index (χ2v) is 7.09. The number of fused-ring (bicyclic) bond motifs is 1. The summed E-state index contributed by atoms with van der Waals surface area (Å²) in [4.78, 5) is 16.8. The van der Waals surface area contributed by atoms with Crippen LogP contribution in [0.2, 0.25) is 0 Å². The van der Waals surface area contributed by atoms with Gasteiger partial charge in [-0.25, -0.2) is 9.67 Å². The number of hydrogen-bond acceptors (Lipinski definition) is 5. The minimum atomic E-state index is -4.61. The molecule has 0 aliphatic heterocycles. The lowest BCUT2D eigenvalue weighted by Gasteiger charge is -2.13. The third kappa shape index (κ3) is 3.62. The number of alkyl halides is 3. The molecule has 3 heterocycles. The van der Waals surface area contributed by atoms with Crippen molar-refractivity contribution in [3.8, 4) is 11.6 Å². The first-order valence-corrected chi connectivity index (χ1v) is 9.19. The van der Waals surface area contributed by atoms with Crippen LogP contribution >= 0.6 is 0 Å². The maximum atomic E-state index is 12.9. The highest BCUT2D eigenvalue weighted by molar-refractivity contribution is 5.93. The molecule has 1 atom stereocenters. The summed E-state index contributed by atoms with van der Waals surface area (Å²) in [5, 5.41) is 10.8. The van der Waals surface area contributed by atoms with Gasteiger partial charge in [-0.3, -0.25) is 9.48 Å². The predicted molar refractivity (Wildman–Crippen MR) is 99.4 cm³/mol. The van der Waals surface area contributed by atoms with Gasteiger partial charge < -0.3 is 10.1 Å². The van der Waals surface area contributed by atoms with Gasteiger partial charge in [0.05, 0.1) is 24.5 Å². The number of ether oxygens (including phenoxy) is 1. The maximum absolute atomic E-state index is 12.9. The molecule has 30 heavy (non-hydrogen) atoms. The quantitative estimate of drug-likeness (QED) is 0.702. The molecule has 1 aliphatic carbocycles. The van der Waals surface area contributed by atoms with Gasteiger partial charge in [-0.1, -0.05) is 0 Å². The predicted octanol–water partition coefficient (Wildman–Crippen LogP) is 2.75. The van der Waals surface area contributed by atoms with E-state index in [1.807, 2.05) is 19.2 Å². The zero-order chi connectivity index (χ0) is 21.6. The average Bonchev–Trinajstić information content (AvgIpc) is 3.36. The number of methoxy groups -OCH3 is 1. The Morgan fingerprint density at radius 2 is 2.03 bits per heavy atom. The maximum Gasteiger partial charge on any atom is 0.435 e. The largest absolute Gasteiger partial charge is 0.481 e. The summed E-state index contributed by atoms with van der Waals surface area (Å²) in [5.41, 5.74) is 1.93. The Labute approximate surface area is 169 Å². The summed E-state index contributed by atoms with van der Waals surface area (Å²) >= 11 is 0. The lowest BCUT2D eigenvalue weighted by molar-refractivity contribution is -0.141. The van der Waals surface area contributed by atoms with Gasteiger partial charge in [0.2, 0.25) is 5.88 Å². The van der Waals surface area contributed by atoms with E-state index in [4.69, 9.17) is 4.74 Å². The van der Waals surface area contributed by atoms with Gasteiger partial charge in [-0.2, -0.15) is 23.4 Å². The van der Waals surface area contributed by atoms with Crippen LogP contribution in [0.25, 0.3) is 5.69 Å². The monoisotopic (exact) mass is 420 g/mol. The molecule has 1 aliphatic rings. The van der Waals surface area contributed by atoms with Crippen LogP contribution in [0.4, 0.5) is 13.2 Å². The molecule has 4 rings (SSSR count). The molecule has 3 aromatic heterocycles. The van der Waals surface area contributed by atoms with Gasteiger partial charge in [-0.15, -0.1) is 0 Å². The fraction of sp³-hybridized carbons (Fsp3) is 0.368. The highest BCUT2D eigenvalue weighted by Gasteiger charge is 2.36. The lowest BCUT2D eigenvalue weighted by Crippen LogP contribution is -2.28. The minimum Gasteiger partial charge on any atom is -0.481 e. The van der Waals surface area contributed by atoms with E-state index in [1.54, 1.807) is 10.7 Å². The van der Waals surface area contributed by atoms with Gasteiger partial charge in [0, 0.05) is 36.6 Å². The second kappa shape index (κ2) is 7.15. The van der Waals surface area contributed by atoms with E-state index in [0.29, 0.717) is 18.7 Å². The molecule has 1 N–H and O–H groups in total. The highest BCUT2D eigenvalue weighted by atomic mass is 19.4. The Bertz CT molecular complexity index is 1120. The Balaban J connectivity index is 1.57. The number of nitrogens with zero attached hydrogens (tertiary/aromatic N) is 5. The first kappa shape index (κ1) is 19.9. The third-order valence-electron chi connectivity index (χ3n) is 4.96. The van der Waals surface area contributed by atoms with E-state index in [2.05, 4.69) is 20.5 Å². The number of hydrogen-bond donors (Lipinski definition) is 1. The molecular formula is C19H19F3N6O2. The topological polar surface area (TPSA) is 86.9 Å². The molecule has 0 saturated heterocycles. The van der Waals surface area contributed by atoms with Gasteiger partial charge >= 0.3 is 6.18 Å². The standard InChI is InChI=1S/C19H19F3N6O2/c1-10-6-11(7-17(23-10)30-3)28-9-12-13(4-5-14(12)25-28)24-18(29)15-8-16(19(20,21)22)26-27(15)2/h6-9,13H,4-5H2,1-3H3,(H,24,29)/t13-/m1/s1. The van der Waals surface area contributed by atoms with Crippen molar-refractivity contribution in [2.75, 3.05) is 7.11 Å². The van der Waals surface area contributed by atoms with Crippen LogP contribution in [0.1, 0.15) is 45.6 Å². The Morgan fingerprint density at radius 1 is 1.27 bits per heavy atom. The number of aromatic nitrogens is 5. The number of pyridine rings is 1. The van der Waals surface area contributed by atoms with Crippen LogP contribution < -0.4 is 10.1 Å². The number of carbonyl (C=O) groups is 1. The molecule has 0 radical (unpaired) electrons. The average molecular weight is 420 g/mol. The summed E-state index contributed by atoms with van der Waals surface area (Å²) < 4.78 is 46.4. The number of rotatable bonds is 4. The van der Waals surface area contributed by atoms with Crippen LogP contribution in [0.15, 0.2) is 24.4 Å². The van der Waals surface area contributed by atoms with Crippen molar-refractivity contribution in [3.63, 3.8) is 0 Å². The normalized spacial score (nSPS) is 15.9. The number of nitrogens with one attached hydrogen (secondary N) is 1. The summed E-state index contributed by atoms with van der Waals surface area (Å²) in [6.07, 6.45) is -1.53. The molecule has 0 fully saturated rings. The SMILES string of the molecule is COc1cc(-n2cc3c(n2)CC[C@H]3NC(=O)c2cc(C(F)(F)F)nn2C)cc(C)n1. The zero-order valence-electron chi connectivity index (χ0n) is 16.5. The Kier molecular flexibility index (Phi) is 4.75. The Hall–Kier alpha value is -3.37. The van der Waals surface area contributed by atoms with Crippen molar-refractivity contribution in [1.29, 1.82) is 0 Å². The Morgan fingerprint density at radius 3 is 2.70 bits per heavy atom. The van der Waals surface area contributed by atoms with E-state index < -0.39 is 17.8 Å². The van der Waals surface area contributed by atoms with Gasteiger partial charge in [0.25, 0.3) is 5.91 Å². The summed E-state index contributed by atoms with van der Waals surface area (Å²) in [6, 6.07) is 4.00. The highest BCUT2D eigenvalue weighted by Crippen LogP contribution is 2.32. The molecule has 158 valence electrons. The fourth-order valence-electron chi connectivity index (χ4n) is 3.53. The smallest absolute Gasteiger partial charge is 0.435 e.